The lowest BCUT2D eigenvalue weighted by atomic mass is 9.97. The average molecular weight is 326 g/mol. The summed E-state index contributed by atoms with van der Waals surface area (Å²) in [6, 6.07) is 3.26. The van der Waals surface area contributed by atoms with E-state index in [0.29, 0.717) is 25.0 Å². The fraction of sp³-hybridized carbons (Fsp3) is 0.467. The van der Waals surface area contributed by atoms with Crippen LogP contribution in [0, 0.1) is 5.92 Å². The SMILES string of the molecule is NC(=O)c1cc(CN2CCCC(C(F)(F)F)C2)c2[nH]ccc2n1. The number of hydrogen-bond acceptors (Lipinski definition) is 3. The van der Waals surface area contributed by atoms with Gasteiger partial charge in [-0.05, 0) is 37.1 Å². The van der Waals surface area contributed by atoms with Crippen LogP contribution in [0.3, 0.4) is 0 Å². The number of H-pyrrole nitrogens is 1. The van der Waals surface area contributed by atoms with Crippen LogP contribution in [0.25, 0.3) is 11.0 Å². The molecule has 3 N–H and O–H groups in total. The summed E-state index contributed by atoms with van der Waals surface area (Å²) >= 11 is 0. The number of carbonyl (C=O) groups is 1. The van der Waals surface area contributed by atoms with Crippen molar-refractivity contribution in [3.05, 3.63) is 29.6 Å². The largest absolute Gasteiger partial charge is 0.393 e. The van der Waals surface area contributed by atoms with Crippen LogP contribution in [0.1, 0.15) is 28.9 Å². The summed E-state index contributed by atoms with van der Waals surface area (Å²) in [5.74, 6) is -1.95. The molecule has 23 heavy (non-hydrogen) atoms. The van der Waals surface area contributed by atoms with Crippen molar-refractivity contribution in [2.45, 2.75) is 25.6 Å². The normalized spacial score (nSPS) is 20.0. The van der Waals surface area contributed by atoms with Crippen molar-refractivity contribution in [3.63, 3.8) is 0 Å². The topological polar surface area (TPSA) is 75.0 Å². The van der Waals surface area contributed by atoms with Gasteiger partial charge in [0.15, 0.2) is 0 Å². The van der Waals surface area contributed by atoms with Crippen LogP contribution in [0.4, 0.5) is 13.2 Å². The number of alkyl halides is 3. The summed E-state index contributed by atoms with van der Waals surface area (Å²) in [4.78, 5) is 20.3. The predicted molar refractivity (Wildman–Crippen MR) is 78.7 cm³/mol. The van der Waals surface area contributed by atoms with Gasteiger partial charge in [0.1, 0.15) is 5.69 Å². The molecule has 1 unspecified atom stereocenters. The first-order valence-electron chi connectivity index (χ1n) is 7.40. The van der Waals surface area contributed by atoms with Crippen LogP contribution in [-0.4, -0.2) is 40.0 Å². The van der Waals surface area contributed by atoms with E-state index in [9.17, 15) is 18.0 Å². The zero-order valence-electron chi connectivity index (χ0n) is 12.4. The van der Waals surface area contributed by atoms with Crippen molar-refractivity contribution in [3.8, 4) is 0 Å². The zero-order valence-corrected chi connectivity index (χ0v) is 12.4. The highest BCUT2D eigenvalue weighted by Crippen LogP contribution is 2.33. The molecule has 3 rings (SSSR count). The van der Waals surface area contributed by atoms with Gasteiger partial charge in [-0.25, -0.2) is 4.98 Å². The van der Waals surface area contributed by atoms with E-state index in [1.54, 1.807) is 23.2 Å². The van der Waals surface area contributed by atoms with Crippen molar-refractivity contribution < 1.29 is 18.0 Å². The van der Waals surface area contributed by atoms with Crippen LogP contribution in [-0.2, 0) is 6.54 Å². The van der Waals surface area contributed by atoms with E-state index in [2.05, 4.69) is 9.97 Å². The molecule has 0 aromatic carbocycles. The predicted octanol–water partition coefficient (Wildman–Crippen LogP) is 2.44. The van der Waals surface area contributed by atoms with E-state index in [4.69, 9.17) is 5.73 Å². The van der Waals surface area contributed by atoms with Gasteiger partial charge in [0.25, 0.3) is 5.91 Å². The van der Waals surface area contributed by atoms with Crippen LogP contribution < -0.4 is 5.73 Å². The van der Waals surface area contributed by atoms with E-state index in [0.717, 1.165) is 11.1 Å². The lowest BCUT2D eigenvalue weighted by Gasteiger charge is -2.33. The number of nitrogens with one attached hydrogen (secondary N) is 1. The Hall–Kier alpha value is -2.09. The van der Waals surface area contributed by atoms with Crippen molar-refractivity contribution in [2.75, 3.05) is 13.1 Å². The summed E-state index contributed by atoms with van der Waals surface area (Å²) in [6.07, 6.45) is -1.82. The first-order valence-corrected chi connectivity index (χ1v) is 7.40. The molecule has 3 heterocycles. The number of nitrogens with zero attached hydrogens (tertiary/aromatic N) is 2. The summed E-state index contributed by atoms with van der Waals surface area (Å²) in [6.45, 7) is 0.898. The molecule has 8 heteroatoms. The third-order valence-corrected chi connectivity index (χ3v) is 4.21. The zero-order chi connectivity index (χ0) is 16.6. The fourth-order valence-electron chi connectivity index (χ4n) is 3.07. The molecular formula is C15H17F3N4O. The van der Waals surface area contributed by atoms with Gasteiger partial charge in [0.05, 0.1) is 17.0 Å². The van der Waals surface area contributed by atoms with Crippen molar-refractivity contribution in [1.82, 2.24) is 14.9 Å². The highest BCUT2D eigenvalue weighted by Gasteiger charge is 2.41. The molecule has 0 spiro atoms. The Morgan fingerprint density at radius 1 is 1.48 bits per heavy atom. The number of nitrogens with two attached hydrogens (primary N) is 1. The second kappa shape index (κ2) is 5.84. The number of aromatic amines is 1. The van der Waals surface area contributed by atoms with Crippen molar-refractivity contribution in [1.29, 1.82) is 0 Å². The maximum Gasteiger partial charge on any atom is 0.393 e. The van der Waals surface area contributed by atoms with Crippen LogP contribution in [0.2, 0.25) is 0 Å². The van der Waals surface area contributed by atoms with Crippen LogP contribution >= 0.6 is 0 Å². The number of halogens is 3. The number of piperidine rings is 1. The third-order valence-electron chi connectivity index (χ3n) is 4.21. The van der Waals surface area contributed by atoms with E-state index in [-0.39, 0.29) is 18.7 Å². The first kappa shape index (κ1) is 15.8. The Labute approximate surface area is 130 Å². The van der Waals surface area contributed by atoms with E-state index < -0.39 is 18.0 Å². The number of likely N-dealkylation sites (tertiary alicyclic amines) is 1. The quantitative estimate of drug-likeness (QED) is 0.910. The fourth-order valence-corrected chi connectivity index (χ4v) is 3.07. The monoisotopic (exact) mass is 326 g/mol. The second-order valence-electron chi connectivity index (χ2n) is 5.88. The number of primary amides is 1. The molecule has 1 fully saturated rings. The van der Waals surface area contributed by atoms with Gasteiger partial charge >= 0.3 is 6.18 Å². The Morgan fingerprint density at radius 2 is 2.26 bits per heavy atom. The summed E-state index contributed by atoms with van der Waals surface area (Å²) < 4.78 is 38.8. The standard InChI is InChI=1S/C15H17F3N4O/c16-15(17,18)10-2-1-5-22(8-10)7-9-6-12(14(19)23)21-11-3-4-20-13(9)11/h3-4,6,10,20H,1-2,5,7-8H2,(H2,19,23). The number of amides is 1. The Bertz CT molecular complexity index is 725. The Kier molecular flexibility index (Phi) is 4.01. The average Bonchev–Trinajstić information content (AvgIpc) is 2.95. The molecule has 1 saturated heterocycles. The first-order chi connectivity index (χ1) is 10.8. The molecule has 1 aliphatic heterocycles. The molecule has 0 aliphatic carbocycles. The van der Waals surface area contributed by atoms with Gasteiger partial charge in [-0.1, -0.05) is 0 Å². The van der Waals surface area contributed by atoms with Crippen LogP contribution in [0.15, 0.2) is 18.3 Å². The van der Waals surface area contributed by atoms with Gasteiger partial charge in [-0.15, -0.1) is 0 Å². The molecule has 1 amide bonds. The van der Waals surface area contributed by atoms with Crippen LogP contribution in [0.5, 0.6) is 0 Å². The number of carbonyl (C=O) groups excluding carboxylic acids is 1. The lowest BCUT2D eigenvalue weighted by molar-refractivity contribution is -0.187. The molecule has 5 nitrogen and oxygen atoms in total. The molecule has 1 aliphatic rings. The minimum atomic E-state index is -4.17. The number of fused-ring (bicyclic) bond motifs is 1. The van der Waals surface area contributed by atoms with Gasteiger partial charge < -0.3 is 10.7 Å². The summed E-state index contributed by atoms with van der Waals surface area (Å²) in [7, 11) is 0. The molecule has 1 atom stereocenters. The van der Waals surface area contributed by atoms with Gasteiger partial charge in [-0.2, -0.15) is 13.2 Å². The van der Waals surface area contributed by atoms with Gasteiger partial charge in [0.2, 0.25) is 0 Å². The van der Waals surface area contributed by atoms with E-state index in [1.165, 1.54) is 0 Å². The van der Waals surface area contributed by atoms with Crippen molar-refractivity contribution in [2.24, 2.45) is 11.7 Å². The van der Waals surface area contributed by atoms with E-state index in [1.807, 2.05) is 0 Å². The molecule has 0 bridgehead atoms. The smallest absolute Gasteiger partial charge is 0.364 e. The summed E-state index contributed by atoms with van der Waals surface area (Å²) in [5, 5.41) is 0. The number of rotatable bonds is 3. The summed E-state index contributed by atoms with van der Waals surface area (Å²) in [5.41, 5.74) is 7.45. The number of hydrogen-bond donors (Lipinski definition) is 2. The van der Waals surface area contributed by atoms with Crippen molar-refractivity contribution >= 4 is 16.9 Å². The molecule has 0 radical (unpaired) electrons. The number of aromatic nitrogens is 2. The van der Waals surface area contributed by atoms with Gasteiger partial charge in [-0.3, -0.25) is 9.69 Å². The molecule has 0 saturated carbocycles. The highest BCUT2D eigenvalue weighted by molar-refractivity contribution is 5.94. The maximum atomic E-state index is 12.9. The Balaban J connectivity index is 1.86. The molecular weight excluding hydrogens is 309 g/mol. The lowest BCUT2D eigenvalue weighted by Crippen LogP contribution is -2.41. The minimum Gasteiger partial charge on any atom is -0.364 e. The minimum absolute atomic E-state index is 0.0278. The Morgan fingerprint density at radius 3 is 2.96 bits per heavy atom. The molecule has 124 valence electrons. The second-order valence-corrected chi connectivity index (χ2v) is 5.88. The highest BCUT2D eigenvalue weighted by atomic mass is 19.4. The maximum absolute atomic E-state index is 12.9. The molecule has 2 aromatic rings. The molecule has 2 aromatic heterocycles. The number of pyridine rings is 1. The van der Waals surface area contributed by atoms with Gasteiger partial charge in [0, 0.05) is 19.3 Å². The van der Waals surface area contributed by atoms with E-state index >= 15 is 0 Å². The third kappa shape index (κ3) is 3.31.